The Morgan fingerprint density at radius 2 is 1.79 bits per heavy atom. The SMILES string of the molecule is CNc1ccc(-c2ccccc2OC(F)(F)F)nn1. The van der Waals surface area contributed by atoms with Crippen molar-refractivity contribution in [2.24, 2.45) is 0 Å². The predicted octanol–water partition coefficient (Wildman–Crippen LogP) is 3.08. The highest BCUT2D eigenvalue weighted by Gasteiger charge is 2.32. The van der Waals surface area contributed by atoms with Gasteiger partial charge in [0.2, 0.25) is 0 Å². The normalized spacial score (nSPS) is 11.2. The highest BCUT2D eigenvalue weighted by Crippen LogP contribution is 2.32. The summed E-state index contributed by atoms with van der Waals surface area (Å²) in [5, 5.41) is 10.4. The van der Waals surface area contributed by atoms with Crippen molar-refractivity contribution >= 4 is 5.82 Å². The zero-order valence-corrected chi connectivity index (χ0v) is 9.90. The molecular formula is C12H10F3N3O. The van der Waals surface area contributed by atoms with Crippen LogP contribution in [0.15, 0.2) is 36.4 Å². The van der Waals surface area contributed by atoms with Gasteiger partial charge in [0.15, 0.2) is 0 Å². The monoisotopic (exact) mass is 269 g/mol. The third kappa shape index (κ3) is 3.34. The maximum absolute atomic E-state index is 12.3. The van der Waals surface area contributed by atoms with Crippen LogP contribution in [-0.4, -0.2) is 23.6 Å². The minimum Gasteiger partial charge on any atom is -0.405 e. The second kappa shape index (κ2) is 5.13. The third-order valence-electron chi connectivity index (χ3n) is 2.31. The average Bonchev–Trinajstić information content (AvgIpc) is 2.38. The van der Waals surface area contributed by atoms with Crippen LogP contribution in [0.4, 0.5) is 19.0 Å². The van der Waals surface area contributed by atoms with E-state index in [0.29, 0.717) is 11.5 Å². The van der Waals surface area contributed by atoms with Crippen LogP contribution in [0.25, 0.3) is 11.3 Å². The average molecular weight is 269 g/mol. The van der Waals surface area contributed by atoms with Crippen LogP contribution >= 0.6 is 0 Å². The van der Waals surface area contributed by atoms with Gasteiger partial charge in [0.25, 0.3) is 0 Å². The van der Waals surface area contributed by atoms with E-state index in [4.69, 9.17) is 0 Å². The number of hydrogen-bond donors (Lipinski definition) is 1. The van der Waals surface area contributed by atoms with Gasteiger partial charge < -0.3 is 10.1 Å². The predicted molar refractivity (Wildman–Crippen MR) is 63.7 cm³/mol. The van der Waals surface area contributed by atoms with E-state index in [-0.39, 0.29) is 11.3 Å². The summed E-state index contributed by atoms with van der Waals surface area (Å²) in [5.74, 6) is 0.222. The summed E-state index contributed by atoms with van der Waals surface area (Å²) in [4.78, 5) is 0. The molecule has 1 aromatic heterocycles. The summed E-state index contributed by atoms with van der Waals surface area (Å²) < 4.78 is 40.8. The Kier molecular flexibility index (Phi) is 3.55. The largest absolute Gasteiger partial charge is 0.573 e. The molecule has 100 valence electrons. The van der Waals surface area contributed by atoms with E-state index in [1.54, 1.807) is 25.2 Å². The molecule has 7 heteroatoms. The lowest BCUT2D eigenvalue weighted by atomic mass is 10.1. The fraction of sp³-hybridized carbons (Fsp3) is 0.167. The van der Waals surface area contributed by atoms with Crippen molar-refractivity contribution in [3.05, 3.63) is 36.4 Å². The molecule has 19 heavy (non-hydrogen) atoms. The van der Waals surface area contributed by atoms with Crippen molar-refractivity contribution in [2.45, 2.75) is 6.36 Å². The van der Waals surface area contributed by atoms with Gasteiger partial charge >= 0.3 is 6.36 Å². The smallest absolute Gasteiger partial charge is 0.405 e. The number of ether oxygens (including phenoxy) is 1. The van der Waals surface area contributed by atoms with E-state index in [0.717, 1.165) is 0 Å². The molecule has 0 aliphatic carbocycles. The maximum Gasteiger partial charge on any atom is 0.573 e. The Hall–Kier alpha value is -2.31. The second-order valence-electron chi connectivity index (χ2n) is 3.60. The minimum atomic E-state index is -4.74. The summed E-state index contributed by atoms with van der Waals surface area (Å²) >= 11 is 0. The molecule has 4 nitrogen and oxygen atoms in total. The summed E-state index contributed by atoms with van der Waals surface area (Å²) in [5.41, 5.74) is 0.536. The van der Waals surface area contributed by atoms with Gasteiger partial charge in [0, 0.05) is 12.6 Å². The number of anilines is 1. The van der Waals surface area contributed by atoms with Gasteiger partial charge in [-0.25, -0.2) is 0 Å². The third-order valence-corrected chi connectivity index (χ3v) is 2.31. The van der Waals surface area contributed by atoms with Crippen molar-refractivity contribution < 1.29 is 17.9 Å². The van der Waals surface area contributed by atoms with Gasteiger partial charge in [-0.2, -0.15) is 0 Å². The lowest BCUT2D eigenvalue weighted by Crippen LogP contribution is -2.17. The van der Waals surface area contributed by atoms with Gasteiger partial charge in [-0.1, -0.05) is 12.1 Å². The van der Waals surface area contributed by atoms with Crippen LogP contribution in [0.2, 0.25) is 0 Å². The number of alkyl halides is 3. The topological polar surface area (TPSA) is 47.0 Å². The Balaban J connectivity index is 2.38. The van der Waals surface area contributed by atoms with Crippen LogP contribution in [0.1, 0.15) is 0 Å². The molecule has 1 aromatic carbocycles. The first-order chi connectivity index (χ1) is 8.99. The highest BCUT2D eigenvalue weighted by atomic mass is 19.4. The molecule has 1 N–H and O–H groups in total. The lowest BCUT2D eigenvalue weighted by molar-refractivity contribution is -0.274. The second-order valence-corrected chi connectivity index (χ2v) is 3.60. The van der Waals surface area contributed by atoms with E-state index >= 15 is 0 Å². The lowest BCUT2D eigenvalue weighted by Gasteiger charge is -2.12. The molecule has 0 unspecified atom stereocenters. The number of rotatable bonds is 3. The molecule has 0 bridgehead atoms. The zero-order chi connectivity index (χ0) is 13.9. The molecule has 0 spiro atoms. The van der Waals surface area contributed by atoms with Crippen molar-refractivity contribution in [3.63, 3.8) is 0 Å². The van der Waals surface area contributed by atoms with Gasteiger partial charge in [0.05, 0.1) is 5.69 Å². The first-order valence-corrected chi connectivity index (χ1v) is 5.36. The van der Waals surface area contributed by atoms with E-state index in [2.05, 4.69) is 20.3 Å². The summed E-state index contributed by atoms with van der Waals surface area (Å²) in [6.45, 7) is 0. The van der Waals surface area contributed by atoms with E-state index < -0.39 is 6.36 Å². The van der Waals surface area contributed by atoms with Crippen LogP contribution < -0.4 is 10.1 Å². The van der Waals surface area contributed by atoms with Crippen LogP contribution in [0.5, 0.6) is 5.75 Å². The summed E-state index contributed by atoms with van der Waals surface area (Å²) in [6, 6.07) is 8.97. The van der Waals surface area contributed by atoms with Crippen molar-refractivity contribution in [2.75, 3.05) is 12.4 Å². The summed E-state index contributed by atoms with van der Waals surface area (Å²) in [7, 11) is 1.67. The molecule has 2 aromatic rings. The van der Waals surface area contributed by atoms with Gasteiger partial charge in [-0.05, 0) is 24.3 Å². The van der Waals surface area contributed by atoms with E-state index in [1.807, 2.05) is 0 Å². The molecule has 0 atom stereocenters. The maximum atomic E-state index is 12.3. The molecule has 0 saturated heterocycles. The van der Waals surface area contributed by atoms with Crippen molar-refractivity contribution in [3.8, 4) is 17.0 Å². The Morgan fingerprint density at radius 3 is 2.37 bits per heavy atom. The zero-order valence-electron chi connectivity index (χ0n) is 9.90. The molecule has 1 heterocycles. The Bertz CT molecular complexity index is 555. The van der Waals surface area contributed by atoms with Crippen LogP contribution in [-0.2, 0) is 0 Å². The molecule has 0 amide bonds. The number of aromatic nitrogens is 2. The van der Waals surface area contributed by atoms with Crippen LogP contribution in [0.3, 0.4) is 0 Å². The first-order valence-electron chi connectivity index (χ1n) is 5.36. The van der Waals surface area contributed by atoms with Crippen molar-refractivity contribution in [1.82, 2.24) is 10.2 Å². The molecule has 0 aliphatic heterocycles. The van der Waals surface area contributed by atoms with Crippen molar-refractivity contribution in [1.29, 1.82) is 0 Å². The van der Waals surface area contributed by atoms with Gasteiger partial charge in [-0.15, -0.1) is 23.4 Å². The Morgan fingerprint density at radius 1 is 1.05 bits per heavy atom. The number of nitrogens with zero attached hydrogens (tertiary/aromatic N) is 2. The molecule has 0 radical (unpaired) electrons. The number of nitrogens with one attached hydrogen (secondary N) is 1. The Labute approximate surface area is 107 Å². The number of halogens is 3. The first kappa shape index (κ1) is 13.1. The molecule has 0 fully saturated rings. The quantitative estimate of drug-likeness (QED) is 0.930. The molecule has 2 rings (SSSR count). The minimum absolute atomic E-state index is 0.231. The fourth-order valence-corrected chi connectivity index (χ4v) is 1.50. The van der Waals surface area contributed by atoms with E-state index in [9.17, 15) is 13.2 Å². The molecule has 0 aliphatic rings. The molecular weight excluding hydrogens is 259 g/mol. The van der Waals surface area contributed by atoms with E-state index in [1.165, 1.54) is 18.2 Å². The fourth-order valence-electron chi connectivity index (χ4n) is 1.50. The standard InChI is InChI=1S/C12H10F3N3O/c1-16-11-7-6-9(17-18-11)8-4-2-3-5-10(8)19-12(13,14)15/h2-7H,1H3,(H,16,18). The van der Waals surface area contributed by atoms with Gasteiger partial charge in [0.1, 0.15) is 11.6 Å². The summed E-state index contributed by atoms with van der Waals surface area (Å²) in [6.07, 6.45) is -4.74. The number of benzene rings is 1. The van der Waals surface area contributed by atoms with Crippen LogP contribution in [0, 0.1) is 0 Å². The highest BCUT2D eigenvalue weighted by molar-refractivity contribution is 5.67. The molecule has 0 saturated carbocycles. The number of hydrogen-bond acceptors (Lipinski definition) is 4. The van der Waals surface area contributed by atoms with Gasteiger partial charge in [-0.3, -0.25) is 0 Å². The number of para-hydroxylation sites is 1.